The SMILES string of the molecule is CN(c1ccc(Br)cn1)C1CC2CCC(C1)N2. The lowest BCUT2D eigenvalue weighted by Crippen LogP contribution is -2.47. The van der Waals surface area contributed by atoms with E-state index in [9.17, 15) is 0 Å². The van der Waals surface area contributed by atoms with Gasteiger partial charge in [0.1, 0.15) is 5.82 Å². The van der Waals surface area contributed by atoms with Crippen molar-refractivity contribution in [1.29, 1.82) is 0 Å². The van der Waals surface area contributed by atoms with E-state index < -0.39 is 0 Å². The van der Waals surface area contributed by atoms with E-state index in [4.69, 9.17) is 0 Å². The number of anilines is 1. The van der Waals surface area contributed by atoms with Crippen LogP contribution >= 0.6 is 15.9 Å². The van der Waals surface area contributed by atoms with E-state index in [2.05, 4.69) is 50.3 Å². The maximum absolute atomic E-state index is 4.48. The van der Waals surface area contributed by atoms with Crippen molar-refractivity contribution in [2.45, 2.75) is 43.8 Å². The second-order valence-electron chi connectivity index (χ2n) is 5.21. The predicted molar refractivity (Wildman–Crippen MR) is 73.3 cm³/mol. The van der Waals surface area contributed by atoms with Crippen LogP contribution in [0.1, 0.15) is 25.7 Å². The normalized spacial score (nSPS) is 31.5. The van der Waals surface area contributed by atoms with Crippen LogP contribution in [0.25, 0.3) is 0 Å². The fourth-order valence-electron chi connectivity index (χ4n) is 3.11. The van der Waals surface area contributed by atoms with Crippen molar-refractivity contribution in [3.63, 3.8) is 0 Å². The highest BCUT2D eigenvalue weighted by atomic mass is 79.9. The number of hydrogen-bond donors (Lipinski definition) is 1. The number of rotatable bonds is 2. The minimum Gasteiger partial charge on any atom is -0.357 e. The molecular weight excluding hydrogens is 278 g/mol. The van der Waals surface area contributed by atoms with E-state index in [1.54, 1.807) is 0 Å². The largest absolute Gasteiger partial charge is 0.357 e. The highest BCUT2D eigenvalue weighted by molar-refractivity contribution is 9.10. The molecule has 0 saturated carbocycles. The molecule has 0 aromatic carbocycles. The Balaban J connectivity index is 1.73. The first-order chi connectivity index (χ1) is 8.22. The summed E-state index contributed by atoms with van der Waals surface area (Å²) in [7, 11) is 2.17. The van der Waals surface area contributed by atoms with Crippen LogP contribution in [0.4, 0.5) is 5.82 Å². The van der Waals surface area contributed by atoms with Crippen molar-refractivity contribution >= 4 is 21.7 Å². The molecule has 0 spiro atoms. The van der Waals surface area contributed by atoms with Crippen LogP contribution in [-0.2, 0) is 0 Å². The van der Waals surface area contributed by atoms with Gasteiger partial charge in [-0.2, -0.15) is 0 Å². The molecule has 0 amide bonds. The number of nitrogens with one attached hydrogen (secondary N) is 1. The Bertz CT molecular complexity index is 380. The molecule has 3 nitrogen and oxygen atoms in total. The van der Waals surface area contributed by atoms with Crippen molar-refractivity contribution in [1.82, 2.24) is 10.3 Å². The summed E-state index contributed by atoms with van der Waals surface area (Å²) in [5.74, 6) is 1.08. The standard InChI is InChI=1S/C13H18BrN3/c1-17(13-5-2-9(14)8-15-13)12-6-10-3-4-11(7-12)16-10/h2,5,8,10-12,16H,3-4,6-7H2,1H3. The number of halogens is 1. The predicted octanol–water partition coefficient (Wildman–Crippen LogP) is 2.56. The Morgan fingerprint density at radius 2 is 2.00 bits per heavy atom. The van der Waals surface area contributed by atoms with Crippen LogP contribution < -0.4 is 10.2 Å². The molecule has 1 aromatic heterocycles. The molecule has 0 radical (unpaired) electrons. The molecular formula is C13H18BrN3. The van der Waals surface area contributed by atoms with Crippen molar-refractivity contribution in [3.05, 3.63) is 22.8 Å². The third kappa shape index (κ3) is 2.33. The Kier molecular flexibility index (Phi) is 3.09. The first-order valence-electron chi connectivity index (χ1n) is 6.33. The Hall–Kier alpha value is -0.610. The molecule has 2 fully saturated rings. The molecule has 2 bridgehead atoms. The summed E-state index contributed by atoms with van der Waals surface area (Å²) in [4.78, 5) is 6.83. The lowest BCUT2D eigenvalue weighted by atomic mass is 9.98. The summed E-state index contributed by atoms with van der Waals surface area (Å²) in [5, 5.41) is 3.68. The van der Waals surface area contributed by atoms with Gasteiger partial charge in [-0.1, -0.05) is 0 Å². The average Bonchev–Trinajstić information content (AvgIpc) is 2.68. The molecule has 2 aliphatic heterocycles. The quantitative estimate of drug-likeness (QED) is 0.909. The number of piperidine rings is 1. The molecule has 0 aliphatic carbocycles. The van der Waals surface area contributed by atoms with Crippen molar-refractivity contribution in [2.75, 3.05) is 11.9 Å². The van der Waals surface area contributed by atoms with Crippen LogP contribution in [-0.4, -0.2) is 30.2 Å². The lowest BCUT2D eigenvalue weighted by molar-refractivity contribution is 0.354. The van der Waals surface area contributed by atoms with Gasteiger partial charge in [-0.15, -0.1) is 0 Å². The van der Waals surface area contributed by atoms with E-state index in [-0.39, 0.29) is 0 Å². The summed E-state index contributed by atoms with van der Waals surface area (Å²) < 4.78 is 1.04. The van der Waals surface area contributed by atoms with Crippen molar-refractivity contribution < 1.29 is 0 Å². The smallest absolute Gasteiger partial charge is 0.128 e. The van der Waals surface area contributed by atoms with E-state index in [1.165, 1.54) is 25.7 Å². The molecule has 1 aromatic rings. The molecule has 2 aliphatic rings. The first-order valence-corrected chi connectivity index (χ1v) is 7.12. The number of nitrogens with zero attached hydrogens (tertiary/aromatic N) is 2. The molecule has 2 saturated heterocycles. The summed E-state index contributed by atoms with van der Waals surface area (Å²) in [6.07, 6.45) is 7.09. The molecule has 4 heteroatoms. The second-order valence-corrected chi connectivity index (χ2v) is 6.12. The van der Waals surface area contributed by atoms with Crippen LogP contribution in [0.15, 0.2) is 22.8 Å². The lowest BCUT2D eigenvalue weighted by Gasteiger charge is -2.36. The average molecular weight is 296 g/mol. The summed E-state index contributed by atoms with van der Waals surface area (Å²) in [6, 6.07) is 6.26. The highest BCUT2D eigenvalue weighted by Crippen LogP contribution is 2.30. The van der Waals surface area contributed by atoms with E-state index in [0.29, 0.717) is 6.04 Å². The van der Waals surface area contributed by atoms with E-state index in [1.807, 2.05) is 6.20 Å². The van der Waals surface area contributed by atoms with Crippen LogP contribution in [0.3, 0.4) is 0 Å². The topological polar surface area (TPSA) is 28.2 Å². The summed E-state index contributed by atoms with van der Waals surface area (Å²) in [5.41, 5.74) is 0. The molecule has 1 N–H and O–H groups in total. The summed E-state index contributed by atoms with van der Waals surface area (Å²) in [6.45, 7) is 0. The van der Waals surface area contributed by atoms with Gasteiger partial charge in [-0.05, 0) is 53.7 Å². The molecule has 3 rings (SSSR count). The zero-order chi connectivity index (χ0) is 11.8. The van der Waals surface area contributed by atoms with Gasteiger partial charge in [0.25, 0.3) is 0 Å². The van der Waals surface area contributed by atoms with Crippen LogP contribution in [0.5, 0.6) is 0 Å². The van der Waals surface area contributed by atoms with E-state index in [0.717, 1.165) is 22.4 Å². The van der Waals surface area contributed by atoms with Gasteiger partial charge >= 0.3 is 0 Å². The molecule has 2 atom stereocenters. The third-order valence-corrected chi connectivity index (χ3v) is 4.54. The van der Waals surface area contributed by atoms with Gasteiger partial charge in [0, 0.05) is 35.8 Å². The summed E-state index contributed by atoms with van der Waals surface area (Å²) >= 11 is 3.43. The van der Waals surface area contributed by atoms with Crippen LogP contribution in [0.2, 0.25) is 0 Å². The fraction of sp³-hybridized carbons (Fsp3) is 0.615. The maximum Gasteiger partial charge on any atom is 0.128 e. The van der Waals surface area contributed by atoms with Crippen molar-refractivity contribution in [2.24, 2.45) is 0 Å². The Morgan fingerprint density at radius 3 is 2.59 bits per heavy atom. The fourth-order valence-corrected chi connectivity index (χ4v) is 3.34. The number of hydrogen-bond acceptors (Lipinski definition) is 3. The molecule has 3 heterocycles. The van der Waals surface area contributed by atoms with Gasteiger partial charge in [0.05, 0.1) is 0 Å². The molecule has 92 valence electrons. The van der Waals surface area contributed by atoms with E-state index >= 15 is 0 Å². The monoisotopic (exact) mass is 295 g/mol. The highest BCUT2D eigenvalue weighted by Gasteiger charge is 2.35. The first kappa shape index (κ1) is 11.5. The van der Waals surface area contributed by atoms with Gasteiger partial charge in [-0.3, -0.25) is 0 Å². The molecule has 17 heavy (non-hydrogen) atoms. The van der Waals surface area contributed by atoms with Crippen LogP contribution in [0, 0.1) is 0 Å². The Labute approximate surface area is 111 Å². The van der Waals surface area contributed by atoms with Gasteiger partial charge in [0.15, 0.2) is 0 Å². The minimum atomic E-state index is 0.641. The number of pyridine rings is 1. The third-order valence-electron chi connectivity index (χ3n) is 4.07. The maximum atomic E-state index is 4.48. The van der Waals surface area contributed by atoms with Gasteiger partial charge in [0.2, 0.25) is 0 Å². The van der Waals surface area contributed by atoms with Crippen molar-refractivity contribution in [3.8, 4) is 0 Å². The number of aromatic nitrogens is 1. The zero-order valence-electron chi connectivity index (χ0n) is 10.1. The van der Waals surface area contributed by atoms with Gasteiger partial charge < -0.3 is 10.2 Å². The minimum absolute atomic E-state index is 0.641. The Morgan fingerprint density at radius 1 is 1.29 bits per heavy atom. The number of fused-ring (bicyclic) bond motifs is 2. The second kappa shape index (κ2) is 4.58. The molecule has 2 unspecified atom stereocenters. The van der Waals surface area contributed by atoms with Gasteiger partial charge in [-0.25, -0.2) is 4.98 Å². The zero-order valence-corrected chi connectivity index (χ0v) is 11.7.